The second-order valence-corrected chi connectivity index (χ2v) is 9.50. The molecule has 3 aromatic rings. The third-order valence-corrected chi connectivity index (χ3v) is 6.97. The molecule has 0 aliphatic heterocycles. The van der Waals surface area contributed by atoms with Crippen molar-refractivity contribution in [2.45, 2.75) is 58.5 Å². The van der Waals surface area contributed by atoms with E-state index in [4.69, 9.17) is 9.47 Å². The summed E-state index contributed by atoms with van der Waals surface area (Å²) in [4.78, 5) is 29.2. The largest absolute Gasteiger partial charge is 0.492 e. The van der Waals surface area contributed by atoms with Crippen LogP contribution in [-0.4, -0.2) is 34.7 Å². The zero-order valence-electron chi connectivity index (χ0n) is 21.6. The number of carboxylic acid groups (broad SMARTS) is 1. The van der Waals surface area contributed by atoms with Gasteiger partial charge in [0, 0.05) is 23.0 Å². The zero-order chi connectivity index (χ0) is 26.4. The molecule has 1 aromatic heterocycles. The highest BCUT2D eigenvalue weighted by Gasteiger charge is 2.32. The van der Waals surface area contributed by atoms with Gasteiger partial charge in [0.1, 0.15) is 11.5 Å². The number of benzene rings is 2. The minimum absolute atomic E-state index is 0.0637. The summed E-state index contributed by atoms with van der Waals surface area (Å²) < 4.78 is 11.2. The van der Waals surface area contributed by atoms with Crippen LogP contribution in [0.1, 0.15) is 56.6 Å². The third-order valence-electron chi connectivity index (χ3n) is 6.97. The molecule has 1 aliphatic carbocycles. The van der Waals surface area contributed by atoms with Crippen LogP contribution in [-0.2, 0) is 9.59 Å². The van der Waals surface area contributed by atoms with Gasteiger partial charge in [-0.25, -0.2) is 4.79 Å². The molecule has 1 fully saturated rings. The molecular weight excluding hydrogens is 468 g/mol. The van der Waals surface area contributed by atoms with E-state index >= 15 is 0 Å². The fraction of sp³-hybridized carbons (Fsp3) is 0.367. The maximum atomic E-state index is 13.7. The molecule has 1 amide bonds. The van der Waals surface area contributed by atoms with Crippen molar-refractivity contribution >= 4 is 17.6 Å². The SMILES string of the molecule is CCOc1cncc(-c2ccc(C(C(=O)Nc3cccc(OC(C)C(=O)O)c3C)C3CCCC3)cc2)c1. The summed E-state index contributed by atoms with van der Waals surface area (Å²) in [6.45, 7) is 5.83. The van der Waals surface area contributed by atoms with Crippen LogP contribution in [0.2, 0.25) is 0 Å². The molecule has 2 aromatic carbocycles. The topological polar surface area (TPSA) is 97.8 Å². The van der Waals surface area contributed by atoms with Crippen molar-refractivity contribution in [1.82, 2.24) is 4.98 Å². The predicted octanol–water partition coefficient (Wildman–Crippen LogP) is 6.22. The van der Waals surface area contributed by atoms with Crippen molar-refractivity contribution in [2.24, 2.45) is 5.92 Å². The number of nitrogens with zero attached hydrogens (tertiary/aromatic N) is 1. The summed E-state index contributed by atoms with van der Waals surface area (Å²) in [6, 6.07) is 15.4. The molecule has 7 nitrogen and oxygen atoms in total. The van der Waals surface area contributed by atoms with Gasteiger partial charge in [-0.2, -0.15) is 0 Å². The van der Waals surface area contributed by atoms with Crippen molar-refractivity contribution in [1.29, 1.82) is 0 Å². The Morgan fingerprint density at radius 2 is 1.81 bits per heavy atom. The number of anilines is 1. The molecule has 7 heteroatoms. The molecule has 0 bridgehead atoms. The van der Waals surface area contributed by atoms with Gasteiger partial charge in [0.25, 0.3) is 0 Å². The van der Waals surface area contributed by atoms with Crippen molar-refractivity contribution in [3.63, 3.8) is 0 Å². The first-order valence-corrected chi connectivity index (χ1v) is 12.9. The van der Waals surface area contributed by atoms with Gasteiger partial charge in [-0.3, -0.25) is 9.78 Å². The lowest BCUT2D eigenvalue weighted by Gasteiger charge is -2.24. The Morgan fingerprint density at radius 1 is 1.08 bits per heavy atom. The Labute approximate surface area is 217 Å². The highest BCUT2D eigenvalue weighted by atomic mass is 16.5. The molecule has 0 spiro atoms. The zero-order valence-corrected chi connectivity index (χ0v) is 21.6. The molecule has 194 valence electrons. The van der Waals surface area contributed by atoms with Crippen molar-refractivity contribution < 1.29 is 24.2 Å². The quantitative estimate of drug-likeness (QED) is 0.342. The Kier molecular flexibility index (Phi) is 8.43. The smallest absolute Gasteiger partial charge is 0.344 e. The summed E-state index contributed by atoms with van der Waals surface area (Å²) in [5, 5.41) is 12.3. The molecule has 4 rings (SSSR count). The molecule has 37 heavy (non-hydrogen) atoms. The van der Waals surface area contributed by atoms with Crippen molar-refractivity contribution in [3.8, 4) is 22.6 Å². The number of aromatic nitrogens is 1. The van der Waals surface area contributed by atoms with E-state index in [0.29, 0.717) is 23.6 Å². The van der Waals surface area contributed by atoms with Crippen LogP contribution in [0.15, 0.2) is 60.9 Å². The van der Waals surface area contributed by atoms with Crippen LogP contribution in [0.25, 0.3) is 11.1 Å². The Morgan fingerprint density at radius 3 is 2.49 bits per heavy atom. The lowest BCUT2D eigenvalue weighted by molar-refractivity contribution is -0.144. The van der Waals surface area contributed by atoms with Gasteiger partial charge in [-0.15, -0.1) is 0 Å². The fourth-order valence-corrected chi connectivity index (χ4v) is 4.96. The van der Waals surface area contributed by atoms with Gasteiger partial charge < -0.3 is 19.9 Å². The van der Waals surface area contributed by atoms with E-state index in [1.165, 1.54) is 6.92 Å². The van der Waals surface area contributed by atoms with Crippen LogP contribution < -0.4 is 14.8 Å². The van der Waals surface area contributed by atoms with Crippen LogP contribution in [0.5, 0.6) is 11.5 Å². The number of amides is 1. The van der Waals surface area contributed by atoms with Gasteiger partial charge in [0.15, 0.2) is 6.10 Å². The molecule has 1 aliphatic rings. The number of hydrogen-bond acceptors (Lipinski definition) is 5. The second kappa shape index (κ2) is 11.9. The fourth-order valence-electron chi connectivity index (χ4n) is 4.96. The lowest BCUT2D eigenvalue weighted by Crippen LogP contribution is -2.27. The van der Waals surface area contributed by atoms with E-state index in [9.17, 15) is 14.7 Å². The molecule has 2 atom stereocenters. The number of rotatable bonds is 10. The summed E-state index contributed by atoms with van der Waals surface area (Å²) in [6.07, 6.45) is 6.79. The van der Waals surface area contributed by atoms with E-state index in [1.807, 2.05) is 56.4 Å². The number of hydrogen-bond donors (Lipinski definition) is 2. The number of aliphatic carboxylic acids is 1. The van der Waals surface area contributed by atoms with Gasteiger partial charge in [-0.05, 0) is 68.9 Å². The Hall–Kier alpha value is -3.87. The molecule has 0 radical (unpaired) electrons. The highest BCUT2D eigenvalue weighted by Crippen LogP contribution is 2.39. The van der Waals surface area contributed by atoms with Gasteiger partial charge in [0.2, 0.25) is 5.91 Å². The average molecular weight is 503 g/mol. The van der Waals surface area contributed by atoms with Gasteiger partial charge in [0.05, 0.1) is 18.7 Å². The molecule has 1 heterocycles. The van der Waals surface area contributed by atoms with Crippen LogP contribution >= 0.6 is 0 Å². The van der Waals surface area contributed by atoms with Crippen molar-refractivity contribution in [3.05, 3.63) is 72.1 Å². The van der Waals surface area contributed by atoms with E-state index in [0.717, 1.165) is 48.1 Å². The first kappa shape index (κ1) is 26.2. The minimum Gasteiger partial charge on any atom is -0.492 e. The number of pyridine rings is 1. The van der Waals surface area contributed by atoms with Crippen LogP contribution in [0.4, 0.5) is 5.69 Å². The molecule has 2 N–H and O–H groups in total. The average Bonchev–Trinajstić information content (AvgIpc) is 3.41. The monoisotopic (exact) mass is 502 g/mol. The molecule has 2 unspecified atom stereocenters. The molecule has 0 saturated heterocycles. The second-order valence-electron chi connectivity index (χ2n) is 9.50. The Bertz CT molecular complexity index is 1230. The first-order chi connectivity index (χ1) is 17.9. The minimum atomic E-state index is -1.04. The normalized spacial score (nSPS) is 15.1. The summed E-state index contributed by atoms with van der Waals surface area (Å²) in [5.74, 6) is 0.0427. The van der Waals surface area contributed by atoms with E-state index in [1.54, 1.807) is 18.3 Å². The number of nitrogens with one attached hydrogen (secondary N) is 1. The van der Waals surface area contributed by atoms with Gasteiger partial charge in [-0.1, -0.05) is 43.2 Å². The lowest BCUT2D eigenvalue weighted by atomic mass is 9.83. The predicted molar refractivity (Wildman–Crippen MR) is 143 cm³/mol. The Balaban J connectivity index is 1.57. The molecular formula is C30H34N2O5. The van der Waals surface area contributed by atoms with E-state index in [2.05, 4.69) is 10.3 Å². The number of ether oxygens (including phenoxy) is 2. The number of carbonyl (C=O) groups excluding carboxylic acids is 1. The third kappa shape index (κ3) is 6.28. The summed E-state index contributed by atoms with van der Waals surface area (Å²) >= 11 is 0. The first-order valence-electron chi connectivity index (χ1n) is 12.9. The standard InChI is InChI=1S/C30H34N2O5/c1-4-36-25-16-24(17-31-18-25)21-12-14-23(15-13-21)28(22-8-5-6-9-22)29(33)32-26-10-7-11-27(19(26)2)37-20(3)30(34)35/h7,10-18,20,22,28H,4-6,8-9H2,1-3H3,(H,32,33)(H,34,35). The van der Waals surface area contributed by atoms with Crippen LogP contribution in [0.3, 0.4) is 0 Å². The van der Waals surface area contributed by atoms with Crippen LogP contribution in [0, 0.1) is 12.8 Å². The van der Waals surface area contributed by atoms with Crippen molar-refractivity contribution in [2.75, 3.05) is 11.9 Å². The molecule has 1 saturated carbocycles. The summed E-state index contributed by atoms with van der Waals surface area (Å²) in [7, 11) is 0. The van der Waals surface area contributed by atoms with E-state index in [-0.39, 0.29) is 17.7 Å². The highest BCUT2D eigenvalue weighted by molar-refractivity contribution is 5.97. The summed E-state index contributed by atoms with van der Waals surface area (Å²) in [5.41, 5.74) is 4.27. The maximum Gasteiger partial charge on any atom is 0.344 e. The van der Waals surface area contributed by atoms with E-state index < -0.39 is 12.1 Å². The number of carboxylic acids is 1. The maximum absolute atomic E-state index is 13.7. The van der Waals surface area contributed by atoms with Gasteiger partial charge >= 0.3 is 5.97 Å². The number of carbonyl (C=O) groups is 2.